The van der Waals surface area contributed by atoms with E-state index in [9.17, 15) is 0 Å². The maximum absolute atomic E-state index is 8.55. The van der Waals surface area contributed by atoms with Gasteiger partial charge in [0.1, 0.15) is 0 Å². The summed E-state index contributed by atoms with van der Waals surface area (Å²) >= 11 is 0. The molecule has 0 aliphatic carbocycles. The molecule has 1 aliphatic rings. The molecule has 3 heteroatoms. The Hall–Kier alpha value is -2.00. The molecule has 0 saturated carbocycles. The quantitative estimate of drug-likeness (QED) is 0.628. The van der Waals surface area contributed by atoms with Gasteiger partial charge in [-0.2, -0.15) is 0 Å². The maximum atomic E-state index is 8.55. The van der Waals surface area contributed by atoms with Crippen LogP contribution in [0.25, 0.3) is 6.08 Å². The second-order valence-electron chi connectivity index (χ2n) is 4.13. The molecule has 3 nitrogen and oxygen atoms in total. The minimum atomic E-state index is 0.0916. The van der Waals surface area contributed by atoms with Gasteiger partial charge in [-0.3, -0.25) is 0 Å². The summed E-state index contributed by atoms with van der Waals surface area (Å²) in [5.41, 5.74) is 1.12. The van der Waals surface area contributed by atoms with Crippen LogP contribution in [0.1, 0.15) is 18.4 Å². The van der Waals surface area contributed by atoms with Crippen molar-refractivity contribution in [3.05, 3.63) is 54.1 Å². The van der Waals surface area contributed by atoms with Gasteiger partial charge in [-0.05, 0) is 30.5 Å². The zero-order chi connectivity index (χ0) is 13.3. The number of allylic oxidation sites excluding steroid dienone is 4. The molecule has 0 unspecified atom stereocenters. The highest BCUT2D eigenvalue weighted by atomic mass is 16.7. The average Bonchev–Trinajstić information content (AvgIpc) is 2.89. The topological polar surface area (TPSA) is 38.7 Å². The fourth-order valence-corrected chi connectivity index (χ4v) is 1.74. The fraction of sp³-hybridized carbons (Fsp3) is 0.250. The van der Waals surface area contributed by atoms with Crippen molar-refractivity contribution in [3.8, 4) is 11.5 Å². The van der Waals surface area contributed by atoms with Gasteiger partial charge >= 0.3 is 0 Å². The summed E-state index contributed by atoms with van der Waals surface area (Å²) in [5.74, 6) is 1.63. The monoisotopic (exact) mass is 258 g/mol. The Morgan fingerprint density at radius 1 is 1.00 bits per heavy atom. The lowest BCUT2D eigenvalue weighted by molar-refractivity contribution is 0.174. The van der Waals surface area contributed by atoms with E-state index in [2.05, 4.69) is 18.2 Å². The lowest BCUT2D eigenvalue weighted by Crippen LogP contribution is -1.92. The Morgan fingerprint density at radius 3 is 2.68 bits per heavy atom. The van der Waals surface area contributed by atoms with Gasteiger partial charge in [-0.1, -0.05) is 42.5 Å². The van der Waals surface area contributed by atoms with Crippen molar-refractivity contribution >= 4 is 6.08 Å². The highest BCUT2D eigenvalue weighted by Gasteiger charge is 2.11. The molecule has 0 fully saturated rings. The van der Waals surface area contributed by atoms with Crippen LogP contribution >= 0.6 is 0 Å². The molecule has 0 radical (unpaired) electrons. The van der Waals surface area contributed by atoms with Crippen molar-refractivity contribution < 1.29 is 14.6 Å². The number of fused-ring (bicyclic) bond motifs is 1. The van der Waals surface area contributed by atoms with E-state index in [0.29, 0.717) is 6.79 Å². The van der Waals surface area contributed by atoms with Gasteiger partial charge in [0.05, 0.1) is 6.61 Å². The summed E-state index contributed by atoms with van der Waals surface area (Å²) < 4.78 is 10.6. The number of rotatable bonds is 6. The minimum absolute atomic E-state index is 0.0916. The lowest BCUT2D eigenvalue weighted by atomic mass is 10.1. The minimum Gasteiger partial charge on any atom is -0.454 e. The van der Waals surface area contributed by atoms with Gasteiger partial charge in [-0.25, -0.2) is 0 Å². The zero-order valence-electron chi connectivity index (χ0n) is 10.8. The molecule has 19 heavy (non-hydrogen) atoms. The van der Waals surface area contributed by atoms with Gasteiger partial charge in [0, 0.05) is 0 Å². The molecule has 2 rings (SSSR count). The number of hydrogen-bond acceptors (Lipinski definition) is 3. The number of aliphatic hydroxyl groups excluding tert-OH is 1. The fourth-order valence-electron chi connectivity index (χ4n) is 1.74. The van der Waals surface area contributed by atoms with Crippen molar-refractivity contribution in [1.29, 1.82) is 0 Å². The van der Waals surface area contributed by atoms with Crippen LogP contribution < -0.4 is 9.47 Å². The Balaban J connectivity index is 1.76. The summed E-state index contributed by atoms with van der Waals surface area (Å²) in [4.78, 5) is 0. The molecular weight excluding hydrogens is 240 g/mol. The summed E-state index contributed by atoms with van der Waals surface area (Å²) in [6.45, 7) is 0.406. The molecule has 0 bridgehead atoms. The average molecular weight is 258 g/mol. The molecule has 1 heterocycles. The summed E-state index contributed by atoms with van der Waals surface area (Å²) in [5, 5.41) is 8.55. The van der Waals surface area contributed by atoms with Crippen LogP contribution in [0, 0.1) is 0 Å². The smallest absolute Gasteiger partial charge is 0.231 e. The van der Waals surface area contributed by atoms with Crippen LogP contribution in [0.2, 0.25) is 0 Å². The van der Waals surface area contributed by atoms with Crippen LogP contribution in [0.4, 0.5) is 0 Å². The highest BCUT2D eigenvalue weighted by molar-refractivity contribution is 5.56. The van der Waals surface area contributed by atoms with E-state index in [1.165, 1.54) is 0 Å². The van der Waals surface area contributed by atoms with Crippen molar-refractivity contribution in [1.82, 2.24) is 0 Å². The van der Waals surface area contributed by atoms with Crippen LogP contribution in [0.5, 0.6) is 11.5 Å². The first-order valence-corrected chi connectivity index (χ1v) is 6.39. The number of unbranched alkanes of at least 4 members (excludes halogenated alkanes) is 1. The molecule has 1 N–H and O–H groups in total. The molecule has 0 saturated heterocycles. The van der Waals surface area contributed by atoms with Gasteiger partial charge in [0.15, 0.2) is 11.5 Å². The Morgan fingerprint density at radius 2 is 1.79 bits per heavy atom. The van der Waals surface area contributed by atoms with Crippen molar-refractivity contribution in [2.45, 2.75) is 12.8 Å². The summed E-state index contributed by atoms with van der Waals surface area (Å²) in [6, 6.07) is 5.93. The predicted molar refractivity (Wildman–Crippen MR) is 76.2 cm³/mol. The third-order valence-corrected chi connectivity index (χ3v) is 2.70. The Kier molecular flexibility index (Phi) is 5.26. The van der Waals surface area contributed by atoms with Gasteiger partial charge in [0.25, 0.3) is 0 Å². The van der Waals surface area contributed by atoms with Gasteiger partial charge < -0.3 is 14.6 Å². The second-order valence-corrected chi connectivity index (χ2v) is 4.13. The van der Waals surface area contributed by atoms with Crippen molar-refractivity contribution in [2.24, 2.45) is 0 Å². The molecule has 1 aromatic carbocycles. The normalized spacial score (nSPS) is 14.2. The SMILES string of the molecule is OC/C=C/C=C/CC/C=C/c1ccc2c(c1)OCO2. The van der Waals surface area contributed by atoms with Crippen LogP contribution in [0.3, 0.4) is 0 Å². The van der Waals surface area contributed by atoms with E-state index in [1.807, 2.05) is 30.4 Å². The third-order valence-electron chi connectivity index (χ3n) is 2.70. The van der Waals surface area contributed by atoms with Crippen LogP contribution in [-0.2, 0) is 0 Å². The first-order valence-electron chi connectivity index (χ1n) is 6.39. The molecule has 0 aromatic heterocycles. The maximum Gasteiger partial charge on any atom is 0.231 e. The molecular formula is C16H18O3. The molecule has 1 aromatic rings. The lowest BCUT2D eigenvalue weighted by Gasteiger charge is -1.97. The van der Waals surface area contributed by atoms with Crippen LogP contribution in [0.15, 0.2) is 48.6 Å². The van der Waals surface area contributed by atoms with E-state index in [1.54, 1.807) is 6.08 Å². The standard InChI is InChI=1S/C16H18O3/c17-11-7-5-3-1-2-4-6-8-14-9-10-15-16(12-14)19-13-18-15/h1,3,5-10,12,17H,2,4,11,13H2/b3-1+,7-5+,8-6+. The van der Waals surface area contributed by atoms with E-state index in [0.717, 1.165) is 29.9 Å². The van der Waals surface area contributed by atoms with E-state index in [-0.39, 0.29) is 6.61 Å². The number of benzene rings is 1. The molecule has 0 spiro atoms. The van der Waals surface area contributed by atoms with Gasteiger partial charge in [-0.15, -0.1) is 0 Å². The zero-order valence-corrected chi connectivity index (χ0v) is 10.8. The van der Waals surface area contributed by atoms with E-state index >= 15 is 0 Å². The van der Waals surface area contributed by atoms with E-state index < -0.39 is 0 Å². The number of ether oxygens (including phenoxy) is 2. The molecule has 1 aliphatic heterocycles. The largest absolute Gasteiger partial charge is 0.454 e. The van der Waals surface area contributed by atoms with Crippen molar-refractivity contribution in [3.63, 3.8) is 0 Å². The second kappa shape index (κ2) is 7.44. The first kappa shape index (κ1) is 13.4. The summed E-state index contributed by atoms with van der Waals surface area (Å²) in [7, 11) is 0. The van der Waals surface area contributed by atoms with Crippen molar-refractivity contribution in [2.75, 3.05) is 13.4 Å². The number of aliphatic hydroxyl groups is 1. The molecule has 100 valence electrons. The highest BCUT2D eigenvalue weighted by Crippen LogP contribution is 2.32. The van der Waals surface area contributed by atoms with Crippen LogP contribution in [-0.4, -0.2) is 18.5 Å². The van der Waals surface area contributed by atoms with E-state index in [4.69, 9.17) is 14.6 Å². The summed E-state index contributed by atoms with van der Waals surface area (Å²) in [6.07, 6.45) is 13.8. The Bertz CT molecular complexity index is 487. The third kappa shape index (κ3) is 4.30. The Labute approximate surface area is 113 Å². The molecule has 0 amide bonds. The van der Waals surface area contributed by atoms with Gasteiger partial charge in [0.2, 0.25) is 6.79 Å². The predicted octanol–water partition coefficient (Wildman–Crippen LogP) is 3.31. The first-order chi connectivity index (χ1) is 9.40. The molecule has 0 atom stereocenters. The number of hydrogen-bond donors (Lipinski definition) is 1.